The van der Waals surface area contributed by atoms with Crippen LogP contribution in [0.4, 0.5) is 0 Å². The highest BCUT2D eigenvalue weighted by Crippen LogP contribution is 2.43. The van der Waals surface area contributed by atoms with Crippen molar-refractivity contribution in [3.63, 3.8) is 0 Å². The molecule has 1 saturated carbocycles. The van der Waals surface area contributed by atoms with Gasteiger partial charge in [-0.25, -0.2) is 0 Å². The van der Waals surface area contributed by atoms with Crippen molar-refractivity contribution in [3.05, 3.63) is 45.4 Å². The molecule has 0 radical (unpaired) electrons. The fourth-order valence-electron chi connectivity index (χ4n) is 3.41. The van der Waals surface area contributed by atoms with E-state index < -0.39 is 0 Å². The predicted octanol–water partition coefficient (Wildman–Crippen LogP) is 3.22. The number of hydrogen-bond acceptors (Lipinski definition) is 5. The lowest BCUT2D eigenvalue weighted by Gasteiger charge is -2.30. The van der Waals surface area contributed by atoms with Gasteiger partial charge < -0.3 is 5.32 Å². The molecule has 1 N–H and O–H groups in total. The van der Waals surface area contributed by atoms with E-state index in [0.29, 0.717) is 24.9 Å². The molecule has 1 aromatic carbocycles. The Bertz CT molecular complexity index is 745. The summed E-state index contributed by atoms with van der Waals surface area (Å²) < 4.78 is 0. The second-order valence-corrected chi connectivity index (χ2v) is 8.61. The van der Waals surface area contributed by atoms with Crippen LogP contribution in [0, 0.1) is 6.92 Å². The van der Waals surface area contributed by atoms with Crippen molar-refractivity contribution in [2.45, 2.75) is 51.0 Å². The SMILES string of the molecule is Cc1ccc(CNC(=O)CN2CCC(c3nnc(C4CC4)s3)CC2)cc1. The average Bonchev–Trinajstić information content (AvgIpc) is 3.39. The van der Waals surface area contributed by atoms with E-state index in [4.69, 9.17) is 0 Å². The molecule has 1 aromatic heterocycles. The van der Waals surface area contributed by atoms with Gasteiger partial charge in [0.15, 0.2) is 0 Å². The van der Waals surface area contributed by atoms with Gasteiger partial charge in [0, 0.05) is 18.4 Å². The quantitative estimate of drug-likeness (QED) is 0.848. The molecule has 1 amide bonds. The van der Waals surface area contributed by atoms with Gasteiger partial charge in [-0.05, 0) is 51.3 Å². The maximum Gasteiger partial charge on any atom is 0.234 e. The van der Waals surface area contributed by atoms with Crippen LogP contribution in [0.3, 0.4) is 0 Å². The van der Waals surface area contributed by atoms with Crippen molar-refractivity contribution in [3.8, 4) is 0 Å². The molecule has 5 nitrogen and oxygen atoms in total. The molecule has 0 spiro atoms. The van der Waals surface area contributed by atoms with E-state index in [-0.39, 0.29) is 5.91 Å². The zero-order chi connectivity index (χ0) is 17.9. The normalized spacial score (nSPS) is 18.8. The number of aromatic nitrogens is 2. The Morgan fingerprint density at radius 2 is 1.69 bits per heavy atom. The number of carbonyl (C=O) groups excluding carboxylic acids is 1. The number of likely N-dealkylation sites (tertiary alicyclic amines) is 1. The van der Waals surface area contributed by atoms with Crippen molar-refractivity contribution < 1.29 is 4.79 Å². The van der Waals surface area contributed by atoms with E-state index in [1.165, 1.54) is 28.4 Å². The Balaban J connectivity index is 1.20. The third-order valence-corrected chi connectivity index (χ3v) is 6.55. The van der Waals surface area contributed by atoms with Crippen molar-refractivity contribution in [2.75, 3.05) is 19.6 Å². The minimum absolute atomic E-state index is 0.107. The van der Waals surface area contributed by atoms with Crippen LogP contribution in [0.5, 0.6) is 0 Å². The summed E-state index contributed by atoms with van der Waals surface area (Å²) in [6, 6.07) is 8.29. The first-order valence-electron chi connectivity index (χ1n) is 9.55. The Morgan fingerprint density at radius 3 is 2.31 bits per heavy atom. The number of piperidine rings is 1. The highest BCUT2D eigenvalue weighted by molar-refractivity contribution is 7.11. The summed E-state index contributed by atoms with van der Waals surface area (Å²) in [4.78, 5) is 14.5. The van der Waals surface area contributed by atoms with Gasteiger partial charge in [-0.3, -0.25) is 9.69 Å². The number of rotatable bonds is 6. The summed E-state index contributed by atoms with van der Waals surface area (Å²) in [5, 5.41) is 14.3. The molecule has 0 bridgehead atoms. The Hall–Kier alpha value is -1.79. The molecule has 138 valence electrons. The van der Waals surface area contributed by atoms with E-state index in [2.05, 4.69) is 51.6 Å². The smallest absolute Gasteiger partial charge is 0.234 e. The van der Waals surface area contributed by atoms with Gasteiger partial charge in [0.05, 0.1) is 6.54 Å². The first kappa shape index (κ1) is 17.6. The number of aryl methyl sites for hydroxylation is 1. The molecular weight excluding hydrogens is 344 g/mol. The number of hydrogen-bond donors (Lipinski definition) is 1. The van der Waals surface area contributed by atoms with Crippen molar-refractivity contribution in [1.82, 2.24) is 20.4 Å². The molecule has 2 fully saturated rings. The number of carbonyl (C=O) groups is 1. The number of nitrogens with zero attached hydrogens (tertiary/aromatic N) is 3. The second kappa shape index (κ2) is 7.84. The summed E-state index contributed by atoms with van der Waals surface area (Å²) in [5.41, 5.74) is 2.38. The van der Waals surface area contributed by atoms with E-state index in [1.54, 1.807) is 0 Å². The Kier molecular flexibility index (Phi) is 5.31. The highest BCUT2D eigenvalue weighted by atomic mass is 32.1. The van der Waals surface area contributed by atoms with Gasteiger partial charge in [0.25, 0.3) is 0 Å². The van der Waals surface area contributed by atoms with Crippen molar-refractivity contribution >= 4 is 17.2 Å². The zero-order valence-corrected chi connectivity index (χ0v) is 16.1. The Morgan fingerprint density at radius 1 is 1.08 bits per heavy atom. The molecule has 0 unspecified atom stereocenters. The van der Waals surface area contributed by atoms with Crippen LogP contribution in [0.1, 0.15) is 58.7 Å². The number of amides is 1. The maximum atomic E-state index is 12.2. The molecule has 0 atom stereocenters. The summed E-state index contributed by atoms with van der Waals surface area (Å²) in [5.74, 6) is 1.32. The third kappa shape index (κ3) is 4.48. The predicted molar refractivity (Wildman–Crippen MR) is 103 cm³/mol. The standard InChI is InChI=1S/C20H26N4OS/c1-14-2-4-15(5-3-14)12-21-18(25)13-24-10-8-17(9-11-24)20-23-22-19(26-20)16-6-7-16/h2-5,16-17H,6-13H2,1H3,(H,21,25). The minimum atomic E-state index is 0.107. The second-order valence-electron chi connectivity index (χ2n) is 7.57. The summed E-state index contributed by atoms with van der Waals surface area (Å²) >= 11 is 1.81. The largest absolute Gasteiger partial charge is 0.351 e. The van der Waals surface area contributed by atoms with E-state index in [1.807, 2.05) is 11.3 Å². The van der Waals surface area contributed by atoms with Crippen molar-refractivity contribution in [1.29, 1.82) is 0 Å². The van der Waals surface area contributed by atoms with Crippen LogP contribution in [-0.4, -0.2) is 40.6 Å². The van der Waals surface area contributed by atoms with Gasteiger partial charge >= 0.3 is 0 Å². The van der Waals surface area contributed by atoms with Crippen LogP contribution in [0.25, 0.3) is 0 Å². The molecular formula is C20H26N4OS. The fourth-order valence-corrected chi connectivity index (χ4v) is 4.59. The van der Waals surface area contributed by atoms with Gasteiger partial charge in [-0.15, -0.1) is 21.5 Å². The summed E-state index contributed by atoms with van der Waals surface area (Å²) in [7, 11) is 0. The van der Waals surface area contributed by atoms with Crippen molar-refractivity contribution in [2.24, 2.45) is 0 Å². The maximum absolute atomic E-state index is 12.2. The molecule has 2 heterocycles. The first-order valence-corrected chi connectivity index (χ1v) is 10.4. The van der Waals surface area contributed by atoms with E-state index in [0.717, 1.165) is 31.5 Å². The Labute approximate surface area is 158 Å². The van der Waals surface area contributed by atoms with Gasteiger partial charge in [0.2, 0.25) is 5.91 Å². The summed E-state index contributed by atoms with van der Waals surface area (Å²) in [6.45, 7) is 5.08. The highest BCUT2D eigenvalue weighted by Gasteiger charge is 2.30. The van der Waals surface area contributed by atoms with Crippen LogP contribution < -0.4 is 5.32 Å². The molecule has 4 rings (SSSR count). The molecule has 1 aliphatic carbocycles. The van der Waals surface area contributed by atoms with Crippen LogP contribution in [-0.2, 0) is 11.3 Å². The molecule has 1 aliphatic heterocycles. The summed E-state index contributed by atoms with van der Waals surface area (Å²) in [6.07, 6.45) is 4.71. The third-order valence-electron chi connectivity index (χ3n) is 5.30. The minimum Gasteiger partial charge on any atom is -0.351 e. The lowest BCUT2D eigenvalue weighted by Crippen LogP contribution is -2.41. The zero-order valence-electron chi connectivity index (χ0n) is 15.3. The molecule has 2 aliphatic rings. The topological polar surface area (TPSA) is 58.1 Å². The molecule has 26 heavy (non-hydrogen) atoms. The van der Waals surface area contributed by atoms with E-state index >= 15 is 0 Å². The van der Waals surface area contributed by atoms with Gasteiger partial charge in [-0.2, -0.15) is 0 Å². The molecule has 2 aromatic rings. The van der Waals surface area contributed by atoms with Crippen LogP contribution in [0.2, 0.25) is 0 Å². The monoisotopic (exact) mass is 370 g/mol. The van der Waals surface area contributed by atoms with Crippen LogP contribution >= 0.6 is 11.3 Å². The number of nitrogens with one attached hydrogen (secondary N) is 1. The van der Waals surface area contributed by atoms with Gasteiger partial charge in [-0.1, -0.05) is 29.8 Å². The lowest BCUT2D eigenvalue weighted by molar-refractivity contribution is -0.122. The number of benzene rings is 1. The first-order chi connectivity index (χ1) is 12.7. The van der Waals surface area contributed by atoms with Gasteiger partial charge in [0.1, 0.15) is 10.0 Å². The molecule has 6 heteroatoms. The van der Waals surface area contributed by atoms with E-state index in [9.17, 15) is 4.79 Å². The van der Waals surface area contributed by atoms with Crippen LogP contribution in [0.15, 0.2) is 24.3 Å². The fraction of sp³-hybridized carbons (Fsp3) is 0.550. The molecule has 1 saturated heterocycles. The average molecular weight is 371 g/mol. The lowest BCUT2D eigenvalue weighted by atomic mass is 9.98.